The second kappa shape index (κ2) is 10.7. The SMILES string of the molecule is COC(=O)C[C-]=O.[CH3-].[W+2]. The van der Waals surface area contributed by atoms with Crippen molar-refractivity contribution in [3.05, 3.63) is 7.43 Å². The van der Waals surface area contributed by atoms with Crippen LogP contribution in [0.5, 0.6) is 0 Å². The van der Waals surface area contributed by atoms with Crippen LogP contribution in [0.15, 0.2) is 0 Å². The van der Waals surface area contributed by atoms with E-state index >= 15 is 0 Å². The number of hydrogen-bond acceptors (Lipinski definition) is 3. The van der Waals surface area contributed by atoms with Crippen LogP contribution in [0.25, 0.3) is 0 Å². The van der Waals surface area contributed by atoms with Gasteiger partial charge in [-0.05, 0) is 0 Å². The number of rotatable bonds is 2. The van der Waals surface area contributed by atoms with Gasteiger partial charge in [-0.1, -0.05) is 6.42 Å². The average molecular weight is 300 g/mol. The molecule has 0 N–H and O–H groups in total. The van der Waals surface area contributed by atoms with Gasteiger partial charge in [0, 0.05) is 0 Å². The first-order chi connectivity index (χ1) is 3.31. The molecule has 0 aliphatic heterocycles. The molecule has 4 heteroatoms. The fourth-order valence-electron chi connectivity index (χ4n) is 0.131. The van der Waals surface area contributed by atoms with Gasteiger partial charge in [-0.2, -0.15) is 0 Å². The standard InChI is InChI=1S/C4H5O3.CH3.W/c1-7-4(6)2-3-5;;/h2H2,1H3;1H3;/q2*-1;+2. The molecule has 0 radical (unpaired) electrons. The molecule has 0 fully saturated rings. The van der Waals surface area contributed by atoms with E-state index in [-0.39, 0.29) is 34.9 Å². The van der Waals surface area contributed by atoms with Crippen LogP contribution < -0.4 is 0 Å². The summed E-state index contributed by atoms with van der Waals surface area (Å²) in [4.78, 5) is 19.3. The molecule has 0 aromatic rings. The van der Waals surface area contributed by atoms with Crippen molar-refractivity contribution in [2.45, 2.75) is 6.42 Å². The van der Waals surface area contributed by atoms with E-state index in [1.807, 2.05) is 0 Å². The summed E-state index contributed by atoms with van der Waals surface area (Å²) in [6.45, 7) is 0. The number of hydrogen-bond donors (Lipinski definition) is 0. The maximum atomic E-state index is 9.93. The summed E-state index contributed by atoms with van der Waals surface area (Å²) < 4.78 is 4.09. The Labute approximate surface area is 69.0 Å². The Balaban J connectivity index is -0.000000180. The average Bonchev–Trinajstić information content (AvgIpc) is 1.68. The zero-order chi connectivity index (χ0) is 5.70. The molecule has 0 rings (SSSR count). The fourth-order valence-corrected chi connectivity index (χ4v) is 0.131. The molecule has 0 aromatic carbocycles. The first kappa shape index (κ1) is 15.9. The molecule has 0 atom stereocenters. The molecule has 0 spiro atoms. The molecule has 3 nitrogen and oxygen atoms in total. The molecule has 9 heavy (non-hydrogen) atoms. The number of carbonyl (C=O) groups excluding carboxylic acids is 2. The van der Waals surface area contributed by atoms with Gasteiger partial charge in [0.05, 0.1) is 7.11 Å². The molecule has 0 unspecified atom stereocenters. The molecule has 0 amide bonds. The van der Waals surface area contributed by atoms with Gasteiger partial charge in [0.1, 0.15) is 0 Å². The van der Waals surface area contributed by atoms with Gasteiger partial charge < -0.3 is 17.0 Å². The topological polar surface area (TPSA) is 43.4 Å². The third-order valence-electron chi connectivity index (χ3n) is 0.444. The Morgan fingerprint density at radius 3 is 2.22 bits per heavy atom. The normalized spacial score (nSPS) is 5.89. The van der Waals surface area contributed by atoms with E-state index < -0.39 is 5.97 Å². The second-order valence-electron chi connectivity index (χ2n) is 0.897. The Bertz CT molecular complexity index is 82.3. The van der Waals surface area contributed by atoms with Crippen LogP contribution in [0.2, 0.25) is 0 Å². The van der Waals surface area contributed by atoms with Gasteiger partial charge >= 0.3 is 21.1 Å². The van der Waals surface area contributed by atoms with Crippen LogP contribution in [0, 0.1) is 7.43 Å². The number of esters is 1. The van der Waals surface area contributed by atoms with Crippen molar-refractivity contribution in [1.29, 1.82) is 0 Å². The molecular weight excluding hydrogens is 292 g/mol. The monoisotopic (exact) mass is 300 g/mol. The van der Waals surface area contributed by atoms with E-state index in [0.29, 0.717) is 0 Å². The predicted octanol–water partition coefficient (Wildman–Crippen LogP) is 0.107. The summed E-state index contributed by atoms with van der Waals surface area (Å²) in [5.74, 6) is -0.546. The van der Waals surface area contributed by atoms with Crippen molar-refractivity contribution in [1.82, 2.24) is 0 Å². The van der Waals surface area contributed by atoms with Gasteiger partial charge in [-0.15, -0.1) is 0 Å². The van der Waals surface area contributed by atoms with Gasteiger partial charge in [-0.3, -0.25) is 11.1 Å². The Morgan fingerprint density at radius 2 is 2.11 bits per heavy atom. The summed E-state index contributed by atoms with van der Waals surface area (Å²) in [5, 5.41) is 0. The minimum Gasteiger partial charge on any atom is -0.541 e. The van der Waals surface area contributed by atoms with E-state index in [4.69, 9.17) is 0 Å². The van der Waals surface area contributed by atoms with Gasteiger partial charge in [0.2, 0.25) is 0 Å². The number of methoxy groups -OCH3 is 1. The van der Waals surface area contributed by atoms with E-state index in [9.17, 15) is 9.59 Å². The molecular formula is C5H8O3W. The van der Waals surface area contributed by atoms with Crippen molar-refractivity contribution in [3.8, 4) is 0 Å². The van der Waals surface area contributed by atoms with Crippen LogP contribution in [-0.4, -0.2) is 19.4 Å². The Hall–Kier alpha value is -0.172. The van der Waals surface area contributed by atoms with Crippen LogP contribution >= 0.6 is 0 Å². The second-order valence-corrected chi connectivity index (χ2v) is 0.897. The van der Waals surface area contributed by atoms with Crippen molar-refractivity contribution < 1.29 is 35.4 Å². The van der Waals surface area contributed by atoms with Crippen molar-refractivity contribution in [2.24, 2.45) is 0 Å². The molecule has 0 saturated carbocycles. The van der Waals surface area contributed by atoms with E-state index in [1.54, 1.807) is 0 Å². The van der Waals surface area contributed by atoms with Crippen molar-refractivity contribution in [2.75, 3.05) is 7.11 Å². The fraction of sp³-hybridized carbons (Fsp3) is 0.400. The van der Waals surface area contributed by atoms with E-state index in [0.717, 1.165) is 0 Å². The third-order valence-corrected chi connectivity index (χ3v) is 0.444. The van der Waals surface area contributed by atoms with Crippen molar-refractivity contribution in [3.63, 3.8) is 0 Å². The summed E-state index contributed by atoms with van der Waals surface area (Å²) >= 11 is 0. The molecule has 0 aliphatic carbocycles. The zero-order valence-electron chi connectivity index (χ0n) is 5.34. The van der Waals surface area contributed by atoms with Crippen LogP contribution in [0.3, 0.4) is 0 Å². The van der Waals surface area contributed by atoms with Crippen LogP contribution in [0.1, 0.15) is 6.42 Å². The van der Waals surface area contributed by atoms with Gasteiger partial charge in [0.15, 0.2) is 0 Å². The molecule has 0 aromatic heterocycles. The summed E-state index contributed by atoms with van der Waals surface area (Å²) in [5.41, 5.74) is 0. The summed E-state index contributed by atoms with van der Waals surface area (Å²) in [6, 6.07) is 0. The zero-order valence-corrected chi connectivity index (χ0v) is 8.27. The Kier molecular flexibility index (Phi) is 19.0. The van der Waals surface area contributed by atoms with Gasteiger partial charge in [0.25, 0.3) is 5.97 Å². The van der Waals surface area contributed by atoms with E-state index in [2.05, 4.69) is 4.74 Å². The van der Waals surface area contributed by atoms with E-state index in [1.165, 1.54) is 13.4 Å². The Morgan fingerprint density at radius 1 is 1.67 bits per heavy atom. The smallest absolute Gasteiger partial charge is 0.541 e. The molecule has 0 saturated heterocycles. The summed E-state index contributed by atoms with van der Waals surface area (Å²) in [6.07, 6.45) is 1.13. The maximum absolute atomic E-state index is 9.93. The largest absolute Gasteiger partial charge is 2.00 e. The molecule has 0 bridgehead atoms. The first-order valence-electron chi connectivity index (χ1n) is 1.73. The number of carbonyl (C=O) groups is 1. The first-order valence-corrected chi connectivity index (χ1v) is 1.73. The molecule has 52 valence electrons. The maximum Gasteiger partial charge on any atom is 2.00 e. The van der Waals surface area contributed by atoms with Crippen LogP contribution in [-0.2, 0) is 35.4 Å². The minimum atomic E-state index is -0.546. The number of ether oxygens (including phenoxy) is 1. The van der Waals surface area contributed by atoms with Gasteiger partial charge in [-0.25, -0.2) is 0 Å². The quantitative estimate of drug-likeness (QED) is 0.413. The van der Waals surface area contributed by atoms with Crippen LogP contribution in [0.4, 0.5) is 0 Å². The molecule has 0 aliphatic rings. The summed E-state index contributed by atoms with van der Waals surface area (Å²) in [7, 11) is 1.22. The third kappa shape index (κ3) is 11.4. The minimum absolute atomic E-state index is 0. The van der Waals surface area contributed by atoms with Crippen molar-refractivity contribution >= 4 is 12.3 Å². The predicted molar refractivity (Wildman–Crippen MR) is 28.7 cm³/mol. The molecule has 0 heterocycles.